The fraction of sp³-hybridized carbons (Fsp3) is 0.571. The van der Waals surface area contributed by atoms with Gasteiger partial charge in [0.1, 0.15) is 11.5 Å². The third kappa shape index (κ3) is 4.51. The first-order valence-corrected chi connectivity index (χ1v) is 7.19. The van der Waals surface area contributed by atoms with Crippen molar-refractivity contribution in [1.82, 2.24) is 5.32 Å². The zero-order chi connectivity index (χ0) is 13.9. The number of morpholine rings is 1. The second-order valence-corrected chi connectivity index (χ2v) is 6.11. The van der Waals surface area contributed by atoms with Crippen LogP contribution in [0.5, 0.6) is 0 Å². The highest BCUT2D eigenvalue weighted by molar-refractivity contribution is 9.10. The predicted octanol–water partition coefficient (Wildman–Crippen LogP) is 3.24. The Hall–Kier alpha value is -0.520. The summed E-state index contributed by atoms with van der Waals surface area (Å²) in [5.74, 6) is -0.321. The smallest absolute Gasteiger partial charge is 0.124 e. The van der Waals surface area contributed by atoms with Crippen LogP contribution < -0.4 is 5.32 Å². The van der Waals surface area contributed by atoms with E-state index in [-0.39, 0.29) is 18.3 Å². The summed E-state index contributed by atoms with van der Waals surface area (Å²) in [7, 11) is 0. The lowest BCUT2D eigenvalue weighted by atomic mass is 9.91. The third-order valence-electron chi connectivity index (χ3n) is 3.24. The van der Waals surface area contributed by atoms with E-state index in [0.717, 1.165) is 12.1 Å². The van der Waals surface area contributed by atoms with Gasteiger partial charge in [0.25, 0.3) is 0 Å². The second-order valence-electron chi connectivity index (χ2n) is 5.26. The molecule has 0 aromatic heterocycles. The Morgan fingerprint density at radius 1 is 1.53 bits per heavy atom. The van der Waals surface area contributed by atoms with Gasteiger partial charge in [0, 0.05) is 23.5 Å². The normalized spacial score (nSPS) is 23.1. The molecule has 5 heteroatoms. The van der Waals surface area contributed by atoms with Gasteiger partial charge in [-0.15, -0.1) is 0 Å². The van der Waals surface area contributed by atoms with Gasteiger partial charge in [-0.1, -0.05) is 22.0 Å². The first-order valence-electron chi connectivity index (χ1n) is 6.40. The Labute approximate surface area is 120 Å². The molecule has 0 radical (unpaired) electrons. The van der Waals surface area contributed by atoms with Crippen molar-refractivity contribution >= 4 is 15.9 Å². The van der Waals surface area contributed by atoms with E-state index in [0.29, 0.717) is 24.1 Å². The van der Waals surface area contributed by atoms with Gasteiger partial charge in [-0.2, -0.15) is 0 Å². The maximum Gasteiger partial charge on any atom is 0.124 e. The highest BCUT2D eigenvalue weighted by atomic mass is 79.9. The topological polar surface area (TPSA) is 21.3 Å². The van der Waals surface area contributed by atoms with Crippen LogP contribution >= 0.6 is 15.9 Å². The lowest BCUT2D eigenvalue weighted by molar-refractivity contribution is 0.0483. The lowest BCUT2D eigenvalue weighted by Gasteiger charge is -2.30. The molecule has 106 valence electrons. The van der Waals surface area contributed by atoms with E-state index >= 15 is 0 Å². The monoisotopic (exact) mass is 333 g/mol. The summed E-state index contributed by atoms with van der Waals surface area (Å²) >= 11 is 3.28. The largest absolute Gasteiger partial charge is 0.379 e. The molecule has 19 heavy (non-hydrogen) atoms. The van der Waals surface area contributed by atoms with Crippen LogP contribution in [0.1, 0.15) is 18.9 Å². The van der Waals surface area contributed by atoms with Gasteiger partial charge in [0.2, 0.25) is 0 Å². The number of hydrogen-bond donors (Lipinski definition) is 1. The SMILES string of the molecule is CC(F)(Cc1ccc(F)cc1Br)CC1COCCN1. The van der Waals surface area contributed by atoms with Crippen LogP contribution in [0.4, 0.5) is 8.78 Å². The maximum absolute atomic E-state index is 14.6. The standard InChI is InChI=1S/C14H18BrF2NO/c1-14(17,8-12-9-19-5-4-18-12)7-10-2-3-11(16)6-13(10)15/h2-3,6,12,18H,4-5,7-9H2,1H3. The Morgan fingerprint density at radius 2 is 2.32 bits per heavy atom. The molecule has 1 heterocycles. The molecule has 0 bridgehead atoms. The van der Waals surface area contributed by atoms with Crippen LogP contribution in [0, 0.1) is 5.82 Å². The van der Waals surface area contributed by atoms with Crippen molar-refractivity contribution in [3.63, 3.8) is 0 Å². The van der Waals surface area contributed by atoms with Crippen molar-refractivity contribution in [3.05, 3.63) is 34.1 Å². The van der Waals surface area contributed by atoms with E-state index in [9.17, 15) is 8.78 Å². The van der Waals surface area contributed by atoms with Crippen LogP contribution in [0.25, 0.3) is 0 Å². The van der Waals surface area contributed by atoms with Crippen LogP contribution in [0.2, 0.25) is 0 Å². The Bertz CT molecular complexity index is 433. The molecule has 2 nitrogen and oxygen atoms in total. The zero-order valence-electron chi connectivity index (χ0n) is 10.9. The van der Waals surface area contributed by atoms with Gasteiger partial charge >= 0.3 is 0 Å². The number of rotatable bonds is 4. The van der Waals surface area contributed by atoms with Crippen molar-refractivity contribution in [2.24, 2.45) is 0 Å². The van der Waals surface area contributed by atoms with E-state index in [1.807, 2.05) is 0 Å². The predicted molar refractivity (Wildman–Crippen MR) is 74.5 cm³/mol. The van der Waals surface area contributed by atoms with E-state index < -0.39 is 5.67 Å². The fourth-order valence-corrected chi connectivity index (χ4v) is 2.89. The summed E-state index contributed by atoms with van der Waals surface area (Å²) in [5, 5.41) is 3.25. The minimum atomic E-state index is -1.35. The summed E-state index contributed by atoms with van der Waals surface area (Å²) in [6.07, 6.45) is 0.642. The van der Waals surface area contributed by atoms with E-state index in [4.69, 9.17) is 4.74 Å². The third-order valence-corrected chi connectivity index (χ3v) is 3.98. The molecule has 1 aliphatic heterocycles. The minimum Gasteiger partial charge on any atom is -0.379 e. The minimum absolute atomic E-state index is 0.0444. The van der Waals surface area contributed by atoms with Gasteiger partial charge in [-0.25, -0.2) is 8.78 Å². The van der Waals surface area contributed by atoms with Gasteiger partial charge in [-0.05, 0) is 31.0 Å². The summed E-state index contributed by atoms with van der Waals surface area (Å²) in [4.78, 5) is 0. The summed E-state index contributed by atoms with van der Waals surface area (Å²) < 4.78 is 33.6. The number of nitrogens with one attached hydrogen (secondary N) is 1. The molecule has 1 saturated heterocycles. The van der Waals surface area contributed by atoms with Crippen molar-refractivity contribution in [2.45, 2.75) is 31.5 Å². The molecular formula is C14H18BrF2NO. The quantitative estimate of drug-likeness (QED) is 0.913. The van der Waals surface area contributed by atoms with Crippen molar-refractivity contribution in [1.29, 1.82) is 0 Å². The lowest BCUT2D eigenvalue weighted by Crippen LogP contribution is -2.45. The van der Waals surface area contributed by atoms with Crippen LogP contribution in [0.3, 0.4) is 0 Å². The average molecular weight is 334 g/mol. The van der Waals surface area contributed by atoms with Crippen LogP contribution in [-0.4, -0.2) is 31.5 Å². The number of halogens is 3. The van der Waals surface area contributed by atoms with Gasteiger partial charge in [-0.3, -0.25) is 0 Å². The molecular weight excluding hydrogens is 316 g/mol. The van der Waals surface area contributed by atoms with E-state index in [1.54, 1.807) is 13.0 Å². The number of alkyl halides is 1. The Kier molecular flexibility index (Phi) is 4.92. The molecule has 2 rings (SSSR count). The molecule has 0 saturated carbocycles. The zero-order valence-corrected chi connectivity index (χ0v) is 12.5. The molecule has 0 aliphatic carbocycles. The van der Waals surface area contributed by atoms with Crippen molar-refractivity contribution in [2.75, 3.05) is 19.8 Å². The van der Waals surface area contributed by atoms with Gasteiger partial charge in [0.05, 0.1) is 13.2 Å². The average Bonchev–Trinajstić information content (AvgIpc) is 2.33. The summed E-state index contributed by atoms with van der Waals surface area (Å²) in [6, 6.07) is 4.40. The second kappa shape index (κ2) is 6.29. The molecule has 0 spiro atoms. The van der Waals surface area contributed by atoms with Gasteiger partial charge < -0.3 is 10.1 Å². The van der Waals surface area contributed by atoms with Crippen LogP contribution in [-0.2, 0) is 11.2 Å². The van der Waals surface area contributed by atoms with Crippen molar-refractivity contribution in [3.8, 4) is 0 Å². The molecule has 0 amide bonds. The molecule has 1 fully saturated rings. The van der Waals surface area contributed by atoms with E-state index in [1.165, 1.54) is 12.1 Å². The highest BCUT2D eigenvalue weighted by Gasteiger charge is 2.29. The van der Waals surface area contributed by atoms with Crippen molar-refractivity contribution < 1.29 is 13.5 Å². The fourth-order valence-electron chi connectivity index (χ4n) is 2.40. The first-order chi connectivity index (χ1) is 8.96. The van der Waals surface area contributed by atoms with Gasteiger partial charge in [0.15, 0.2) is 0 Å². The maximum atomic E-state index is 14.6. The van der Waals surface area contributed by atoms with Crippen LogP contribution in [0.15, 0.2) is 22.7 Å². The number of benzene rings is 1. The molecule has 2 unspecified atom stereocenters. The Morgan fingerprint density at radius 3 is 2.95 bits per heavy atom. The summed E-state index contributed by atoms with van der Waals surface area (Å²) in [6.45, 7) is 3.58. The van der Waals surface area contributed by atoms with E-state index in [2.05, 4.69) is 21.2 Å². The number of ether oxygens (including phenoxy) is 1. The first kappa shape index (κ1) is 14.9. The molecule has 1 aliphatic rings. The molecule has 1 aromatic carbocycles. The number of hydrogen-bond acceptors (Lipinski definition) is 2. The molecule has 1 N–H and O–H groups in total. The highest BCUT2D eigenvalue weighted by Crippen LogP contribution is 2.28. The molecule has 2 atom stereocenters. The molecule has 1 aromatic rings. The summed E-state index contributed by atoms with van der Waals surface area (Å²) in [5.41, 5.74) is -0.568. The Balaban J connectivity index is 1.99.